The summed E-state index contributed by atoms with van der Waals surface area (Å²) in [6.45, 7) is 2.64. The van der Waals surface area contributed by atoms with Crippen LogP contribution < -0.4 is 0 Å². The van der Waals surface area contributed by atoms with Crippen molar-refractivity contribution in [2.45, 2.75) is 37.5 Å². The van der Waals surface area contributed by atoms with Gasteiger partial charge in [0, 0.05) is 41.7 Å². The van der Waals surface area contributed by atoms with Gasteiger partial charge in [0.15, 0.2) is 5.78 Å². The number of benzene rings is 2. The van der Waals surface area contributed by atoms with Gasteiger partial charge in [-0.25, -0.2) is 8.42 Å². The molecule has 3 aromatic rings. The second-order valence-electron chi connectivity index (χ2n) is 8.13. The number of aromatic amines is 1. The fourth-order valence-corrected chi connectivity index (χ4v) is 6.26. The fraction of sp³-hybridized carbons (Fsp3) is 0.292. The second-order valence-corrected chi connectivity index (χ2v) is 10.0. The number of aromatic nitrogens is 1. The highest BCUT2D eigenvalue weighted by molar-refractivity contribution is 7.89. The summed E-state index contributed by atoms with van der Waals surface area (Å²) in [5.41, 5.74) is 5.43. The molecular weight excluding hydrogens is 396 g/mol. The molecule has 6 heteroatoms. The van der Waals surface area contributed by atoms with Gasteiger partial charge in [0.1, 0.15) is 0 Å². The van der Waals surface area contributed by atoms with E-state index in [1.807, 2.05) is 37.3 Å². The minimum Gasteiger partial charge on any atom is -0.358 e. The Morgan fingerprint density at radius 2 is 1.83 bits per heavy atom. The zero-order valence-electron chi connectivity index (χ0n) is 16.9. The number of nitrogens with zero attached hydrogens (tertiary/aromatic N) is 1. The second kappa shape index (κ2) is 7.22. The fourth-order valence-electron chi connectivity index (χ4n) is 4.64. The van der Waals surface area contributed by atoms with Crippen LogP contribution in [0.2, 0.25) is 0 Å². The molecule has 1 N–H and O–H groups in total. The van der Waals surface area contributed by atoms with Gasteiger partial charge in [-0.2, -0.15) is 4.31 Å². The smallest absolute Gasteiger partial charge is 0.243 e. The van der Waals surface area contributed by atoms with E-state index < -0.39 is 10.0 Å². The number of ketones is 1. The first-order valence-electron chi connectivity index (χ1n) is 10.4. The van der Waals surface area contributed by atoms with Crippen LogP contribution in [0.25, 0.3) is 16.5 Å². The molecule has 0 spiro atoms. The Labute approximate surface area is 176 Å². The molecule has 0 saturated carbocycles. The monoisotopic (exact) mass is 420 g/mol. The van der Waals surface area contributed by atoms with E-state index in [1.54, 1.807) is 10.4 Å². The summed E-state index contributed by atoms with van der Waals surface area (Å²) >= 11 is 0. The predicted molar refractivity (Wildman–Crippen MR) is 118 cm³/mol. The van der Waals surface area contributed by atoms with Crippen molar-refractivity contribution >= 4 is 32.3 Å². The summed E-state index contributed by atoms with van der Waals surface area (Å²) in [7, 11) is -3.62. The Morgan fingerprint density at radius 3 is 2.57 bits per heavy atom. The van der Waals surface area contributed by atoms with Crippen LogP contribution in [0.3, 0.4) is 0 Å². The largest absolute Gasteiger partial charge is 0.358 e. The van der Waals surface area contributed by atoms with Gasteiger partial charge in [-0.1, -0.05) is 36.4 Å². The molecule has 5 rings (SSSR count). The molecule has 2 aromatic carbocycles. The molecule has 30 heavy (non-hydrogen) atoms. The van der Waals surface area contributed by atoms with Crippen molar-refractivity contribution in [3.8, 4) is 0 Å². The molecule has 0 amide bonds. The number of rotatable bonds is 3. The van der Waals surface area contributed by atoms with E-state index in [0.717, 1.165) is 40.6 Å². The van der Waals surface area contributed by atoms with Gasteiger partial charge in [0.2, 0.25) is 10.0 Å². The van der Waals surface area contributed by atoms with Crippen molar-refractivity contribution < 1.29 is 13.2 Å². The number of carbonyl (C=O) groups excluding carboxylic acids is 1. The van der Waals surface area contributed by atoms with Crippen LogP contribution >= 0.6 is 0 Å². The van der Waals surface area contributed by atoms with Crippen molar-refractivity contribution in [2.24, 2.45) is 0 Å². The third-order valence-electron chi connectivity index (χ3n) is 6.22. The number of nitrogens with one attached hydrogen (secondary N) is 1. The number of sulfonamides is 1. The summed E-state index contributed by atoms with van der Waals surface area (Å²) in [6, 6.07) is 13.7. The Balaban J connectivity index is 1.50. The van der Waals surface area contributed by atoms with E-state index in [2.05, 4.69) is 17.1 Å². The lowest BCUT2D eigenvalue weighted by Crippen LogP contribution is -2.35. The molecule has 0 unspecified atom stereocenters. The van der Waals surface area contributed by atoms with Crippen LogP contribution in [-0.2, 0) is 16.4 Å². The van der Waals surface area contributed by atoms with Crippen molar-refractivity contribution in [1.82, 2.24) is 9.29 Å². The third-order valence-corrected chi connectivity index (χ3v) is 8.22. The maximum absolute atomic E-state index is 13.4. The average Bonchev–Trinajstić information content (AvgIpc) is 3.12. The van der Waals surface area contributed by atoms with Gasteiger partial charge < -0.3 is 4.98 Å². The number of fused-ring (bicyclic) bond motifs is 3. The number of aryl methyl sites for hydroxylation is 2. The molecular formula is C24H24N2O3S. The maximum Gasteiger partial charge on any atom is 0.243 e. The lowest BCUT2D eigenvalue weighted by molar-refractivity contribution is 0.0974. The molecule has 1 aromatic heterocycles. The van der Waals surface area contributed by atoms with Crippen LogP contribution in [0, 0.1) is 6.92 Å². The number of carbonyl (C=O) groups is 1. The van der Waals surface area contributed by atoms with Gasteiger partial charge in [-0.3, -0.25) is 4.79 Å². The highest BCUT2D eigenvalue weighted by atomic mass is 32.2. The van der Waals surface area contributed by atoms with Gasteiger partial charge in [-0.15, -0.1) is 0 Å². The van der Waals surface area contributed by atoms with Crippen LogP contribution in [0.5, 0.6) is 0 Å². The molecule has 0 radical (unpaired) electrons. The van der Waals surface area contributed by atoms with E-state index in [9.17, 15) is 13.2 Å². The highest BCUT2D eigenvalue weighted by Crippen LogP contribution is 2.34. The SMILES string of the molecule is Cc1cc2c3c([nH]c2cc1S(=O)(=O)N1CC=C(c2ccccc2)CC1)CCCC3=O. The summed E-state index contributed by atoms with van der Waals surface area (Å²) < 4.78 is 28.4. The first-order chi connectivity index (χ1) is 14.4. The van der Waals surface area contributed by atoms with E-state index in [0.29, 0.717) is 36.4 Å². The van der Waals surface area contributed by atoms with Crippen molar-refractivity contribution in [3.05, 3.63) is 70.9 Å². The molecule has 5 nitrogen and oxygen atoms in total. The Bertz CT molecular complexity index is 1290. The van der Waals surface area contributed by atoms with Gasteiger partial charge >= 0.3 is 0 Å². The molecule has 1 aliphatic heterocycles. The first kappa shape index (κ1) is 19.3. The molecule has 2 aliphatic rings. The zero-order valence-corrected chi connectivity index (χ0v) is 17.8. The minimum absolute atomic E-state index is 0.145. The van der Waals surface area contributed by atoms with Crippen LogP contribution in [0.4, 0.5) is 0 Å². The molecule has 0 atom stereocenters. The number of Topliss-reactive ketones (excluding diaryl/α,β-unsaturated/α-hetero) is 1. The van der Waals surface area contributed by atoms with Crippen molar-refractivity contribution in [3.63, 3.8) is 0 Å². The number of hydrogen-bond acceptors (Lipinski definition) is 3. The van der Waals surface area contributed by atoms with Crippen molar-refractivity contribution in [1.29, 1.82) is 0 Å². The maximum atomic E-state index is 13.4. The first-order valence-corrected chi connectivity index (χ1v) is 11.8. The lowest BCUT2D eigenvalue weighted by Gasteiger charge is -2.26. The van der Waals surface area contributed by atoms with E-state index in [1.165, 1.54) is 5.57 Å². The molecule has 154 valence electrons. The average molecular weight is 421 g/mol. The molecule has 0 bridgehead atoms. The third kappa shape index (κ3) is 3.11. The quantitative estimate of drug-likeness (QED) is 0.679. The van der Waals surface area contributed by atoms with E-state index in [4.69, 9.17) is 0 Å². The van der Waals surface area contributed by atoms with Crippen LogP contribution in [0.1, 0.15) is 46.4 Å². The minimum atomic E-state index is -3.62. The van der Waals surface area contributed by atoms with Crippen molar-refractivity contribution in [2.75, 3.05) is 13.1 Å². The van der Waals surface area contributed by atoms with Gasteiger partial charge in [0.05, 0.1) is 4.90 Å². The molecule has 1 aliphatic carbocycles. The molecule has 2 heterocycles. The molecule has 0 saturated heterocycles. The van der Waals surface area contributed by atoms with E-state index in [-0.39, 0.29) is 5.78 Å². The Kier molecular flexibility index (Phi) is 4.64. The van der Waals surface area contributed by atoms with E-state index >= 15 is 0 Å². The Morgan fingerprint density at radius 1 is 1.03 bits per heavy atom. The highest BCUT2D eigenvalue weighted by Gasteiger charge is 2.30. The van der Waals surface area contributed by atoms with Gasteiger partial charge in [0.25, 0.3) is 0 Å². The zero-order chi connectivity index (χ0) is 20.9. The standard InChI is InChI=1S/C24H24N2O3S/c1-16-14-19-21(25-20-8-5-9-22(27)24(19)20)15-23(16)30(28,29)26-12-10-18(11-13-26)17-6-3-2-4-7-17/h2-4,6-7,10,14-15,25H,5,8-9,11-13H2,1H3. The Hall–Kier alpha value is -2.70. The summed E-state index contributed by atoms with van der Waals surface area (Å²) in [6.07, 6.45) is 4.93. The normalized spacial score (nSPS) is 17.8. The van der Waals surface area contributed by atoms with Crippen LogP contribution in [0.15, 0.2) is 53.4 Å². The molecule has 0 fully saturated rings. The summed E-state index contributed by atoms with van der Waals surface area (Å²) in [5, 5.41) is 0.844. The summed E-state index contributed by atoms with van der Waals surface area (Å²) in [4.78, 5) is 16.0. The summed E-state index contributed by atoms with van der Waals surface area (Å²) in [5.74, 6) is 0.145. The number of H-pyrrole nitrogens is 1. The lowest BCUT2D eigenvalue weighted by atomic mass is 9.94. The topological polar surface area (TPSA) is 70.2 Å². The number of hydrogen-bond donors (Lipinski definition) is 1. The van der Waals surface area contributed by atoms with Gasteiger partial charge in [-0.05, 0) is 55.0 Å². The predicted octanol–water partition coefficient (Wildman–Crippen LogP) is 4.47. The van der Waals surface area contributed by atoms with Crippen LogP contribution in [-0.4, -0.2) is 36.6 Å².